The van der Waals surface area contributed by atoms with Crippen LogP contribution >= 0.6 is 27.3 Å². The Morgan fingerprint density at radius 1 is 1.35 bits per heavy atom. The number of nitrogens with zero attached hydrogens (tertiary/aromatic N) is 3. The number of aryl methyl sites for hydroxylation is 1. The van der Waals surface area contributed by atoms with Crippen molar-refractivity contribution < 1.29 is 0 Å². The van der Waals surface area contributed by atoms with Gasteiger partial charge < -0.3 is 5.32 Å². The van der Waals surface area contributed by atoms with Crippen molar-refractivity contribution in [3.05, 3.63) is 44.7 Å². The Labute approximate surface area is 129 Å². The molecule has 0 fully saturated rings. The predicted octanol–water partition coefficient (Wildman–Crippen LogP) is 4.04. The van der Waals surface area contributed by atoms with Crippen LogP contribution < -0.4 is 5.32 Å². The molecule has 0 aliphatic heterocycles. The van der Waals surface area contributed by atoms with E-state index < -0.39 is 0 Å². The summed E-state index contributed by atoms with van der Waals surface area (Å²) >= 11 is 5.30. The Balaban J connectivity index is 1.65. The van der Waals surface area contributed by atoms with E-state index >= 15 is 0 Å². The van der Waals surface area contributed by atoms with E-state index in [1.165, 1.54) is 23.3 Å². The molecule has 0 bridgehead atoms. The second kappa shape index (κ2) is 4.86. The fraction of sp³-hybridized carbons (Fsp3) is 0.286. The Morgan fingerprint density at radius 2 is 2.30 bits per heavy atom. The fourth-order valence-electron chi connectivity index (χ4n) is 2.71. The Bertz CT molecular complexity index is 763. The van der Waals surface area contributed by atoms with Crippen molar-refractivity contribution in [1.29, 1.82) is 0 Å². The van der Waals surface area contributed by atoms with E-state index in [1.807, 2.05) is 29.7 Å². The third-order valence-corrected chi connectivity index (χ3v) is 5.12. The van der Waals surface area contributed by atoms with E-state index in [9.17, 15) is 0 Å². The number of hydrogen-bond acceptors (Lipinski definition) is 4. The maximum atomic E-state index is 4.53. The van der Waals surface area contributed by atoms with Crippen LogP contribution in [0.3, 0.4) is 0 Å². The van der Waals surface area contributed by atoms with Crippen LogP contribution in [0.1, 0.15) is 29.3 Å². The van der Waals surface area contributed by atoms with E-state index in [0.717, 1.165) is 16.5 Å². The second-order valence-corrected chi connectivity index (χ2v) is 6.89. The third-order valence-electron chi connectivity index (χ3n) is 3.65. The van der Waals surface area contributed by atoms with Gasteiger partial charge in [-0.1, -0.05) is 0 Å². The maximum absolute atomic E-state index is 4.53. The van der Waals surface area contributed by atoms with Gasteiger partial charge in [0.2, 0.25) is 5.95 Å². The molecule has 1 N–H and O–H groups in total. The number of nitrogens with one attached hydrogen (secondary N) is 1. The van der Waals surface area contributed by atoms with Crippen molar-refractivity contribution in [3.8, 4) is 0 Å². The molecule has 20 heavy (non-hydrogen) atoms. The van der Waals surface area contributed by atoms with Gasteiger partial charge in [0.25, 0.3) is 0 Å². The van der Waals surface area contributed by atoms with Crippen LogP contribution in [0, 0.1) is 0 Å². The molecule has 3 aromatic rings. The number of rotatable bonds is 2. The number of hydrogen-bond donors (Lipinski definition) is 1. The molecule has 4 nitrogen and oxygen atoms in total. The summed E-state index contributed by atoms with van der Waals surface area (Å²) < 4.78 is 2.79. The highest BCUT2D eigenvalue weighted by Gasteiger charge is 2.22. The van der Waals surface area contributed by atoms with Gasteiger partial charge in [-0.3, -0.25) is 0 Å². The van der Waals surface area contributed by atoms with Gasteiger partial charge in [0, 0.05) is 15.5 Å². The van der Waals surface area contributed by atoms with E-state index in [4.69, 9.17) is 0 Å². The Morgan fingerprint density at radius 3 is 3.25 bits per heavy atom. The zero-order valence-electron chi connectivity index (χ0n) is 10.7. The molecule has 0 spiro atoms. The molecule has 0 saturated heterocycles. The summed E-state index contributed by atoms with van der Waals surface area (Å²) in [5, 5.41) is 10.2. The molecule has 1 aliphatic carbocycles. The number of aromatic nitrogens is 3. The van der Waals surface area contributed by atoms with E-state index in [2.05, 4.69) is 42.8 Å². The van der Waals surface area contributed by atoms with E-state index in [1.54, 1.807) is 4.52 Å². The standard InChI is InChI=1S/C14H13BrN4S/c15-9-4-5-13-17-14(18-19(13)8-9)16-11-2-1-3-12-10(11)6-7-20-12/h4-8,11H,1-3H2,(H,16,18). The first-order valence-corrected chi connectivity index (χ1v) is 8.31. The molecular weight excluding hydrogens is 336 g/mol. The predicted molar refractivity (Wildman–Crippen MR) is 84.3 cm³/mol. The summed E-state index contributed by atoms with van der Waals surface area (Å²) in [6, 6.07) is 6.50. The summed E-state index contributed by atoms with van der Waals surface area (Å²) in [6.07, 6.45) is 5.49. The van der Waals surface area contributed by atoms with Gasteiger partial charge in [0.05, 0.1) is 6.04 Å². The van der Waals surface area contributed by atoms with Gasteiger partial charge in [-0.15, -0.1) is 16.4 Å². The average molecular weight is 349 g/mol. The van der Waals surface area contributed by atoms with Gasteiger partial charge in [-0.25, -0.2) is 4.52 Å². The highest BCUT2D eigenvalue weighted by molar-refractivity contribution is 9.10. The number of thiophene rings is 1. The van der Waals surface area contributed by atoms with Crippen LogP contribution in [0.15, 0.2) is 34.2 Å². The van der Waals surface area contributed by atoms with Crippen LogP contribution in [-0.4, -0.2) is 14.6 Å². The third kappa shape index (κ3) is 2.13. The topological polar surface area (TPSA) is 42.2 Å². The number of anilines is 1. The molecular formula is C14H13BrN4S. The molecule has 102 valence electrons. The average Bonchev–Trinajstić information content (AvgIpc) is 3.04. The number of fused-ring (bicyclic) bond motifs is 2. The lowest BCUT2D eigenvalue weighted by atomic mass is 9.94. The zero-order chi connectivity index (χ0) is 13.5. The molecule has 1 unspecified atom stereocenters. The zero-order valence-corrected chi connectivity index (χ0v) is 13.1. The summed E-state index contributed by atoms with van der Waals surface area (Å²) in [6.45, 7) is 0. The lowest BCUT2D eigenvalue weighted by Crippen LogP contribution is -2.16. The fourth-order valence-corrected chi connectivity index (χ4v) is 4.02. The molecule has 0 amide bonds. The van der Waals surface area contributed by atoms with Gasteiger partial charge in [0.1, 0.15) is 0 Å². The quantitative estimate of drug-likeness (QED) is 0.759. The summed E-state index contributed by atoms with van der Waals surface area (Å²) in [5.41, 5.74) is 2.28. The van der Waals surface area contributed by atoms with E-state index in [-0.39, 0.29) is 0 Å². The first-order valence-electron chi connectivity index (χ1n) is 6.64. The summed E-state index contributed by atoms with van der Waals surface area (Å²) in [7, 11) is 0. The monoisotopic (exact) mass is 348 g/mol. The van der Waals surface area contributed by atoms with Crippen molar-refractivity contribution in [2.45, 2.75) is 25.3 Å². The molecule has 0 aromatic carbocycles. The van der Waals surface area contributed by atoms with Gasteiger partial charge in [-0.2, -0.15) is 4.98 Å². The van der Waals surface area contributed by atoms with Crippen molar-refractivity contribution in [3.63, 3.8) is 0 Å². The molecule has 3 heterocycles. The lowest BCUT2D eigenvalue weighted by molar-refractivity contribution is 0.604. The number of halogens is 1. The molecule has 1 atom stereocenters. The molecule has 4 rings (SSSR count). The largest absolute Gasteiger partial charge is 0.346 e. The van der Waals surface area contributed by atoms with Crippen LogP contribution in [0.5, 0.6) is 0 Å². The smallest absolute Gasteiger partial charge is 0.243 e. The van der Waals surface area contributed by atoms with Crippen molar-refractivity contribution >= 4 is 38.9 Å². The van der Waals surface area contributed by atoms with Crippen molar-refractivity contribution in [1.82, 2.24) is 14.6 Å². The minimum absolute atomic E-state index is 0.339. The second-order valence-electron chi connectivity index (χ2n) is 4.97. The van der Waals surface area contributed by atoms with Crippen LogP contribution in [0.4, 0.5) is 5.95 Å². The first kappa shape index (κ1) is 12.3. The van der Waals surface area contributed by atoms with Crippen molar-refractivity contribution in [2.75, 3.05) is 5.32 Å². The van der Waals surface area contributed by atoms with Crippen molar-refractivity contribution in [2.24, 2.45) is 0 Å². The lowest BCUT2D eigenvalue weighted by Gasteiger charge is -2.22. The number of pyridine rings is 1. The minimum atomic E-state index is 0.339. The summed E-state index contributed by atoms with van der Waals surface area (Å²) in [5.74, 6) is 0.701. The van der Waals surface area contributed by atoms with Crippen LogP contribution in [-0.2, 0) is 6.42 Å². The van der Waals surface area contributed by atoms with Gasteiger partial charge in [0.15, 0.2) is 5.65 Å². The van der Waals surface area contributed by atoms with Crippen LogP contribution in [0.25, 0.3) is 5.65 Å². The highest BCUT2D eigenvalue weighted by atomic mass is 79.9. The van der Waals surface area contributed by atoms with Gasteiger partial charge in [-0.05, 0) is 64.3 Å². The van der Waals surface area contributed by atoms with Crippen LogP contribution in [0.2, 0.25) is 0 Å². The van der Waals surface area contributed by atoms with E-state index in [0.29, 0.717) is 12.0 Å². The Kier molecular flexibility index (Phi) is 3.00. The van der Waals surface area contributed by atoms with Gasteiger partial charge >= 0.3 is 0 Å². The molecule has 1 aliphatic rings. The highest BCUT2D eigenvalue weighted by Crippen LogP contribution is 2.35. The SMILES string of the molecule is Brc1ccc2nc(NC3CCCc4sccc43)nn2c1. The summed E-state index contributed by atoms with van der Waals surface area (Å²) in [4.78, 5) is 6.03. The minimum Gasteiger partial charge on any atom is -0.346 e. The molecule has 3 aromatic heterocycles. The normalized spacial score (nSPS) is 18.1. The Hall–Kier alpha value is -1.40. The maximum Gasteiger partial charge on any atom is 0.243 e. The molecule has 6 heteroatoms. The molecule has 0 saturated carbocycles. The first-order chi connectivity index (χ1) is 9.79. The molecule has 0 radical (unpaired) electrons.